The Hall–Kier alpha value is -0.950. The van der Waals surface area contributed by atoms with Crippen LogP contribution in [0.4, 0.5) is 0 Å². The topological polar surface area (TPSA) is 20.2 Å². The quantitative estimate of drug-likeness (QED) is 0.698. The fourth-order valence-corrected chi connectivity index (χ4v) is 1.15. The third kappa shape index (κ3) is 1.80. The van der Waals surface area contributed by atoms with E-state index in [0.717, 1.165) is 16.7 Å². The molecule has 12 heavy (non-hydrogen) atoms. The number of phenolic OH excluding ortho intramolecular Hbond substituents is 1. The molecule has 0 aliphatic heterocycles. The van der Waals surface area contributed by atoms with Crippen LogP contribution in [0.25, 0.3) is 5.57 Å². The molecule has 0 spiro atoms. The summed E-state index contributed by atoms with van der Waals surface area (Å²) in [6, 6.07) is 5.38. The molecule has 1 aromatic rings. The highest BCUT2D eigenvalue weighted by Gasteiger charge is 2.03. The van der Waals surface area contributed by atoms with E-state index in [-0.39, 0.29) is 5.75 Å². The van der Waals surface area contributed by atoms with E-state index in [1.165, 1.54) is 0 Å². The number of rotatable bonds is 2. The first-order chi connectivity index (χ1) is 5.65. The molecule has 0 fully saturated rings. The molecule has 2 heteroatoms. The highest BCUT2D eigenvalue weighted by atomic mass is 35.5. The Morgan fingerprint density at radius 3 is 2.83 bits per heavy atom. The Morgan fingerprint density at radius 1 is 1.58 bits per heavy atom. The number of phenols is 1. The van der Waals surface area contributed by atoms with E-state index in [2.05, 4.69) is 6.58 Å². The number of benzene rings is 1. The maximum Gasteiger partial charge on any atom is 0.123 e. The van der Waals surface area contributed by atoms with Gasteiger partial charge in [-0.15, -0.1) is 11.6 Å². The van der Waals surface area contributed by atoms with Crippen molar-refractivity contribution in [3.8, 4) is 5.75 Å². The van der Waals surface area contributed by atoms with Gasteiger partial charge in [0.2, 0.25) is 0 Å². The van der Waals surface area contributed by atoms with Crippen molar-refractivity contribution in [2.45, 2.75) is 6.92 Å². The Balaban J connectivity index is 3.13. The molecule has 0 aromatic heterocycles. The number of hydrogen-bond donors (Lipinski definition) is 1. The normalized spacial score (nSPS) is 9.83. The monoisotopic (exact) mass is 182 g/mol. The molecule has 0 atom stereocenters. The predicted molar refractivity (Wildman–Crippen MR) is 52.6 cm³/mol. The van der Waals surface area contributed by atoms with E-state index in [4.69, 9.17) is 11.6 Å². The zero-order valence-electron chi connectivity index (χ0n) is 6.97. The molecule has 0 aliphatic carbocycles. The van der Waals surface area contributed by atoms with Crippen LogP contribution in [0.1, 0.15) is 11.1 Å². The second-order valence-corrected chi connectivity index (χ2v) is 3.03. The number of allylic oxidation sites excluding steroid dienone is 1. The van der Waals surface area contributed by atoms with Crippen molar-refractivity contribution >= 4 is 17.2 Å². The fourth-order valence-electron chi connectivity index (χ4n) is 1.01. The van der Waals surface area contributed by atoms with Gasteiger partial charge in [-0.3, -0.25) is 0 Å². The molecule has 0 aliphatic rings. The second kappa shape index (κ2) is 3.63. The molecule has 0 saturated heterocycles. The summed E-state index contributed by atoms with van der Waals surface area (Å²) in [6.45, 7) is 5.72. The van der Waals surface area contributed by atoms with Crippen LogP contribution in [-0.4, -0.2) is 11.0 Å². The molecule has 1 N–H and O–H groups in total. The number of alkyl halides is 1. The predicted octanol–water partition coefficient (Wildman–Crippen LogP) is 2.95. The van der Waals surface area contributed by atoms with Gasteiger partial charge in [0.1, 0.15) is 5.75 Å². The van der Waals surface area contributed by atoms with Gasteiger partial charge in [-0.2, -0.15) is 0 Å². The lowest BCUT2D eigenvalue weighted by atomic mass is 10.1. The third-order valence-corrected chi connectivity index (χ3v) is 2.02. The van der Waals surface area contributed by atoms with E-state index in [1.54, 1.807) is 6.07 Å². The number of halogens is 1. The maximum absolute atomic E-state index is 9.42. The average molecular weight is 183 g/mol. The second-order valence-electron chi connectivity index (χ2n) is 2.76. The minimum absolute atomic E-state index is 0.242. The smallest absolute Gasteiger partial charge is 0.123 e. The molecule has 0 amide bonds. The first kappa shape index (κ1) is 9.14. The first-order valence-electron chi connectivity index (χ1n) is 3.69. The van der Waals surface area contributed by atoms with Crippen molar-refractivity contribution in [3.05, 3.63) is 35.9 Å². The van der Waals surface area contributed by atoms with E-state index >= 15 is 0 Å². The number of aryl methyl sites for hydroxylation is 1. The Kier molecular flexibility index (Phi) is 2.77. The summed E-state index contributed by atoms with van der Waals surface area (Å²) in [6.07, 6.45) is 0. The Bertz CT molecular complexity index is 305. The summed E-state index contributed by atoms with van der Waals surface area (Å²) in [5.41, 5.74) is 2.58. The van der Waals surface area contributed by atoms with Gasteiger partial charge in [-0.05, 0) is 24.6 Å². The van der Waals surface area contributed by atoms with Crippen LogP contribution in [0.2, 0.25) is 0 Å². The van der Waals surface area contributed by atoms with Gasteiger partial charge >= 0.3 is 0 Å². The number of aromatic hydroxyl groups is 1. The summed E-state index contributed by atoms with van der Waals surface area (Å²) in [7, 11) is 0. The molecule has 1 aromatic carbocycles. The van der Waals surface area contributed by atoms with Crippen LogP contribution < -0.4 is 0 Å². The molecule has 0 radical (unpaired) electrons. The van der Waals surface area contributed by atoms with Gasteiger partial charge in [0.05, 0.1) is 0 Å². The van der Waals surface area contributed by atoms with Crippen molar-refractivity contribution in [1.82, 2.24) is 0 Å². The van der Waals surface area contributed by atoms with E-state index in [1.807, 2.05) is 19.1 Å². The summed E-state index contributed by atoms with van der Waals surface area (Å²) < 4.78 is 0. The molecule has 0 heterocycles. The van der Waals surface area contributed by atoms with Crippen molar-refractivity contribution in [2.75, 3.05) is 5.88 Å². The minimum atomic E-state index is 0.242. The lowest BCUT2D eigenvalue weighted by Gasteiger charge is -2.05. The number of hydrogen-bond acceptors (Lipinski definition) is 1. The highest BCUT2D eigenvalue weighted by Crippen LogP contribution is 2.25. The van der Waals surface area contributed by atoms with Crippen LogP contribution in [-0.2, 0) is 0 Å². The molecule has 0 bridgehead atoms. The van der Waals surface area contributed by atoms with E-state index in [9.17, 15) is 5.11 Å². The van der Waals surface area contributed by atoms with Gasteiger partial charge in [-0.25, -0.2) is 0 Å². The molecular weight excluding hydrogens is 172 g/mol. The Labute approximate surface area is 77.3 Å². The molecular formula is C10H11ClO. The molecule has 1 rings (SSSR count). The maximum atomic E-state index is 9.42. The fraction of sp³-hybridized carbons (Fsp3) is 0.200. The average Bonchev–Trinajstić information content (AvgIpc) is 2.08. The largest absolute Gasteiger partial charge is 0.507 e. The van der Waals surface area contributed by atoms with Crippen LogP contribution >= 0.6 is 11.6 Å². The Morgan fingerprint density at radius 2 is 2.25 bits per heavy atom. The van der Waals surface area contributed by atoms with Crippen LogP contribution in [0.15, 0.2) is 24.8 Å². The van der Waals surface area contributed by atoms with E-state index < -0.39 is 0 Å². The van der Waals surface area contributed by atoms with Gasteiger partial charge in [0.15, 0.2) is 0 Å². The van der Waals surface area contributed by atoms with Gasteiger partial charge in [-0.1, -0.05) is 18.2 Å². The molecule has 64 valence electrons. The van der Waals surface area contributed by atoms with Gasteiger partial charge in [0.25, 0.3) is 0 Å². The van der Waals surface area contributed by atoms with Crippen LogP contribution in [0.3, 0.4) is 0 Å². The van der Waals surface area contributed by atoms with Crippen LogP contribution in [0, 0.1) is 6.92 Å². The minimum Gasteiger partial charge on any atom is -0.507 e. The van der Waals surface area contributed by atoms with Crippen molar-refractivity contribution in [1.29, 1.82) is 0 Å². The van der Waals surface area contributed by atoms with Crippen molar-refractivity contribution in [3.63, 3.8) is 0 Å². The molecule has 0 saturated carbocycles. The molecule has 0 unspecified atom stereocenters. The van der Waals surface area contributed by atoms with Crippen molar-refractivity contribution in [2.24, 2.45) is 0 Å². The third-order valence-electron chi connectivity index (χ3n) is 1.69. The van der Waals surface area contributed by atoms with E-state index in [0.29, 0.717) is 5.88 Å². The summed E-state index contributed by atoms with van der Waals surface area (Å²) in [5, 5.41) is 9.42. The molecule has 1 nitrogen and oxygen atoms in total. The lowest BCUT2D eigenvalue weighted by Crippen LogP contribution is -1.86. The SMILES string of the molecule is C=C(CCl)c1cc(C)ccc1O. The lowest BCUT2D eigenvalue weighted by molar-refractivity contribution is 0.473. The van der Waals surface area contributed by atoms with Crippen LogP contribution in [0.5, 0.6) is 5.75 Å². The van der Waals surface area contributed by atoms with Crippen molar-refractivity contribution < 1.29 is 5.11 Å². The zero-order valence-corrected chi connectivity index (χ0v) is 7.73. The standard InChI is InChI=1S/C10H11ClO/c1-7-3-4-10(12)9(5-7)8(2)6-11/h3-5,12H,2,6H2,1H3. The summed E-state index contributed by atoms with van der Waals surface area (Å²) in [5.74, 6) is 0.586. The summed E-state index contributed by atoms with van der Waals surface area (Å²) in [4.78, 5) is 0. The zero-order chi connectivity index (χ0) is 9.14. The first-order valence-corrected chi connectivity index (χ1v) is 4.22. The highest BCUT2D eigenvalue weighted by molar-refractivity contribution is 6.23. The van der Waals surface area contributed by atoms with Gasteiger partial charge < -0.3 is 5.11 Å². The summed E-state index contributed by atoms with van der Waals surface area (Å²) >= 11 is 5.60. The van der Waals surface area contributed by atoms with Gasteiger partial charge in [0, 0.05) is 11.4 Å².